The van der Waals surface area contributed by atoms with Crippen LogP contribution in [0, 0.1) is 6.92 Å². The van der Waals surface area contributed by atoms with E-state index in [0.29, 0.717) is 49.0 Å². The normalized spacial score (nSPS) is 14.6. The molecule has 0 radical (unpaired) electrons. The van der Waals surface area contributed by atoms with Crippen molar-refractivity contribution in [3.8, 4) is 34.5 Å². The minimum Gasteiger partial charge on any atom is -0.497 e. The van der Waals surface area contributed by atoms with E-state index >= 15 is 0 Å². The molecule has 11 nitrogen and oxygen atoms in total. The quantitative estimate of drug-likeness (QED) is 0.126. The number of nitrogens with two attached hydrogens (primary N) is 1. The zero-order chi connectivity index (χ0) is 36.7. The second kappa shape index (κ2) is 15.6. The lowest BCUT2D eigenvalue weighted by Crippen LogP contribution is -2.45. The van der Waals surface area contributed by atoms with Gasteiger partial charge >= 0.3 is 12.1 Å². The van der Waals surface area contributed by atoms with E-state index in [0.717, 1.165) is 41.2 Å². The first-order valence-electron chi connectivity index (χ1n) is 17.2. The Hall–Kier alpha value is -5.81. The number of carboxylic acids is 1. The number of aliphatic carboxylic acids is 1. The maximum atomic E-state index is 13.1. The fraction of sp³-hybridized carbons (Fsp3) is 0.293. The fourth-order valence-corrected chi connectivity index (χ4v) is 5.99. The van der Waals surface area contributed by atoms with Gasteiger partial charge in [0.15, 0.2) is 0 Å². The van der Waals surface area contributed by atoms with Gasteiger partial charge in [-0.3, -0.25) is 9.69 Å². The molecule has 1 aromatic heterocycles. The Kier molecular flexibility index (Phi) is 10.8. The Morgan fingerprint density at radius 3 is 1.90 bits per heavy atom. The van der Waals surface area contributed by atoms with Crippen LogP contribution in [0.25, 0.3) is 11.5 Å². The van der Waals surface area contributed by atoms with Crippen molar-refractivity contribution < 1.29 is 38.1 Å². The molecule has 0 spiro atoms. The number of oxazole rings is 1. The van der Waals surface area contributed by atoms with Crippen LogP contribution in [0.1, 0.15) is 48.3 Å². The van der Waals surface area contributed by atoms with Gasteiger partial charge in [-0.1, -0.05) is 42.5 Å². The summed E-state index contributed by atoms with van der Waals surface area (Å²) in [6.07, 6.45) is 3.32. The summed E-state index contributed by atoms with van der Waals surface area (Å²) in [7, 11) is 3.21. The summed E-state index contributed by atoms with van der Waals surface area (Å²) >= 11 is 0. The van der Waals surface area contributed by atoms with Gasteiger partial charge in [0.05, 0.1) is 32.1 Å². The van der Waals surface area contributed by atoms with Crippen molar-refractivity contribution in [2.24, 2.45) is 5.73 Å². The second-order valence-electron chi connectivity index (χ2n) is 13.0. The average molecular weight is 706 g/mol. The van der Waals surface area contributed by atoms with Gasteiger partial charge in [-0.25, -0.2) is 9.78 Å². The van der Waals surface area contributed by atoms with Crippen LogP contribution in [0.15, 0.2) is 108 Å². The number of rotatable bonds is 13. The third-order valence-corrected chi connectivity index (χ3v) is 9.38. The van der Waals surface area contributed by atoms with E-state index in [4.69, 9.17) is 29.1 Å². The van der Waals surface area contributed by atoms with E-state index in [-0.39, 0.29) is 5.54 Å². The Morgan fingerprint density at radius 2 is 1.35 bits per heavy atom. The zero-order valence-electron chi connectivity index (χ0n) is 29.5. The Morgan fingerprint density at radius 1 is 0.788 bits per heavy atom. The van der Waals surface area contributed by atoms with Crippen LogP contribution in [0.2, 0.25) is 0 Å². The number of carbonyl (C=O) groups is 2. The number of benzene rings is 4. The highest BCUT2D eigenvalue weighted by Gasteiger charge is 2.53. The molecule has 2 aliphatic carbocycles. The number of carbonyl (C=O) groups excluding carboxylic acids is 1. The third-order valence-electron chi connectivity index (χ3n) is 9.38. The highest BCUT2D eigenvalue weighted by atomic mass is 16.6. The molecule has 7 rings (SSSR count). The van der Waals surface area contributed by atoms with Gasteiger partial charge in [-0.05, 0) is 104 Å². The number of hydrogen-bond acceptors (Lipinski definition) is 9. The lowest BCUT2D eigenvalue weighted by Gasteiger charge is -2.30. The molecule has 0 aliphatic heterocycles. The second-order valence-corrected chi connectivity index (χ2v) is 13.0. The van der Waals surface area contributed by atoms with Crippen LogP contribution in [-0.2, 0) is 22.3 Å². The van der Waals surface area contributed by atoms with Crippen LogP contribution in [0.3, 0.4) is 0 Å². The number of hydrogen-bond donors (Lipinski definition) is 2. The van der Waals surface area contributed by atoms with Gasteiger partial charge < -0.3 is 34.2 Å². The summed E-state index contributed by atoms with van der Waals surface area (Å²) in [6.45, 7) is 1.83. The Bertz CT molecular complexity index is 1950. The Balaban J connectivity index is 0.000000325. The predicted molar refractivity (Wildman–Crippen MR) is 195 cm³/mol. The number of aromatic nitrogens is 1. The van der Waals surface area contributed by atoms with E-state index in [1.807, 2.05) is 85.8 Å². The summed E-state index contributed by atoms with van der Waals surface area (Å²) in [5.41, 5.74) is 9.05. The number of methoxy groups -OCH3 is 2. The molecule has 4 aromatic carbocycles. The fourth-order valence-electron chi connectivity index (χ4n) is 5.99. The van der Waals surface area contributed by atoms with Crippen LogP contribution < -0.4 is 24.7 Å². The van der Waals surface area contributed by atoms with Crippen LogP contribution in [0.5, 0.6) is 23.0 Å². The number of amides is 1. The van der Waals surface area contributed by atoms with Crippen molar-refractivity contribution in [2.75, 3.05) is 27.4 Å². The van der Waals surface area contributed by atoms with Crippen molar-refractivity contribution in [3.63, 3.8) is 0 Å². The van der Waals surface area contributed by atoms with Crippen LogP contribution in [0.4, 0.5) is 4.79 Å². The minimum absolute atomic E-state index is 0.0216. The van der Waals surface area contributed by atoms with E-state index in [9.17, 15) is 14.7 Å². The first-order valence-corrected chi connectivity index (χ1v) is 17.2. The molecule has 1 amide bonds. The predicted octanol–water partition coefficient (Wildman–Crippen LogP) is 7.50. The molecule has 2 fully saturated rings. The first-order chi connectivity index (χ1) is 25.1. The van der Waals surface area contributed by atoms with E-state index in [1.54, 1.807) is 38.5 Å². The van der Waals surface area contributed by atoms with Gasteiger partial charge in [-0.2, -0.15) is 0 Å². The first kappa shape index (κ1) is 36.0. The largest absolute Gasteiger partial charge is 0.497 e. The molecular formula is C41H43N3O8. The number of aryl methyl sites for hydroxylation is 1. The molecule has 2 aliphatic rings. The standard InChI is InChI=1S/C31H30N2O7.C10H13NO/c1-21-27(40-29(32-21)22-6-4-3-5-7-22)16-19-38-25-10-8-23(9-11-25)31(17-18-31)33(20-28(34)35)30(36)39-26-14-12-24(37-2)13-15-26;1-12-9-4-2-8(3-5-9)10(11)6-7-10/h3-15H,16-20H2,1-2H3,(H,34,35);2-5H,6-7,11H2,1H3. The molecule has 5 aromatic rings. The molecule has 3 N–H and O–H groups in total. The highest BCUT2D eigenvalue weighted by Crippen LogP contribution is 2.51. The molecular weight excluding hydrogens is 662 g/mol. The van der Waals surface area contributed by atoms with Crippen molar-refractivity contribution in [1.29, 1.82) is 0 Å². The van der Waals surface area contributed by atoms with Crippen molar-refractivity contribution in [3.05, 3.63) is 126 Å². The van der Waals surface area contributed by atoms with Crippen molar-refractivity contribution >= 4 is 12.1 Å². The van der Waals surface area contributed by atoms with E-state index < -0.39 is 24.1 Å². The molecule has 52 heavy (non-hydrogen) atoms. The molecule has 0 saturated heterocycles. The smallest absolute Gasteiger partial charge is 0.416 e. The van der Waals surface area contributed by atoms with Gasteiger partial charge in [0.1, 0.15) is 35.3 Å². The highest BCUT2D eigenvalue weighted by molar-refractivity contribution is 5.79. The van der Waals surface area contributed by atoms with Crippen molar-refractivity contribution in [1.82, 2.24) is 9.88 Å². The zero-order valence-corrected chi connectivity index (χ0v) is 29.5. The van der Waals surface area contributed by atoms with E-state index in [1.165, 1.54) is 10.5 Å². The topological polar surface area (TPSA) is 147 Å². The number of nitrogens with zero attached hydrogens (tertiary/aromatic N) is 2. The molecule has 0 atom stereocenters. The van der Waals surface area contributed by atoms with Crippen LogP contribution >= 0.6 is 0 Å². The lowest BCUT2D eigenvalue weighted by atomic mass is 10.0. The summed E-state index contributed by atoms with van der Waals surface area (Å²) in [5, 5.41) is 9.53. The maximum Gasteiger partial charge on any atom is 0.416 e. The molecule has 1 heterocycles. The molecule has 11 heteroatoms. The van der Waals surface area contributed by atoms with Crippen molar-refractivity contribution in [2.45, 2.75) is 50.1 Å². The summed E-state index contributed by atoms with van der Waals surface area (Å²) in [5.74, 6) is 2.72. The van der Waals surface area contributed by atoms with Gasteiger partial charge in [0.2, 0.25) is 5.89 Å². The molecule has 270 valence electrons. The lowest BCUT2D eigenvalue weighted by molar-refractivity contribution is -0.138. The molecule has 0 bridgehead atoms. The molecule has 2 saturated carbocycles. The number of carboxylic acid groups (broad SMARTS) is 1. The van der Waals surface area contributed by atoms with Gasteiger partial charge in [-0.15, -0.1) is 0 Å². The summed E-state index contributed by atoms with van der Waals surface area (Å²) in [6, 6.07) is 31.7. The minimum atomic E-state index is -1.11. The van der Waals surface area contributed by atoms with Gasteiger partial charge in [0, 0.05) is 17.5 Å². The molecule has 0 unspecified atom stereocenters. The average Bonchev–Trinajstić information content (AvgIpc) is 4.10. The third kappa shape index (κ3) is 8.55. The maximum absolute atomic E-state index is 13.1. The summed E-state index contributed by atoms with van der Waals surface area (Å²) in [4.78, 5) is 30.6. The monoisotopic (exact) mass is 705 g/mol. The number of ether oxygens (including phenoxy) is 4. The van der Waals surface area contributed by atoms with Crippen LogP contribution in [-0.4, -0.2) is 54.4 Å². The summed E-state index contributed by atoms with van der Waals surface area (Å²) < 4.78 is 27.6. The van der Waals surface area contributed by atoms with E-state index in [2.05, 4.69) is 4.98 Å². The van der Waals surface area contributed by atoms with Gasteiger partial charge in [0.25, 0.3) is 0 Å². The SMILES string of the molecule is COc1ccc(C2(N)CC2)cc1.COc1ccc(OC(=O)N(CC(=O)O)C2(c3ccc(OCCc4oc(-c5ccccc5)nc4C)cc3)CC2)cc1. The Labute approximate surface area is 302 Å².